The van der Waals surface area contributed by atoms with E-state index in [2.05, 4.69) is 18.6 Å². The van der Waals surface area contributed by atoms with E-state index in [1.807, 2.05) is 25.1 Å². The minimum atomic E-state index is -3.61. The predicted octanol–water partition coefficient (Wildman–Crippen LogP) is 2.96. The summed E-state index contributed by atoms with van der Waals surface area (Å²) >= 11 is 1.32. The molecule has 0 bridgehead atoms. The number of rotatable bonds is 6. The van der Waals surface area contributed by atoms with Crippen LogP contribution in [-0.2, 0) is 16.6 Å². The Balaban J connectivity index is 2.40. The first-order valence-electron chi connectivity index (χ1n) is 6.97. The van der Waals surface area contributed by atoms with Gasteiger partial charge < -0.3 is 5.11 Å². The van der Waals surface area contributed by atoms with Gasteiger partial charge in [0.2, 0.25) is 10.0 Å². The molecule has 0 radical (unpaired) electrons. The normalized spacial score (nSPS) is 14.0. The van der Waals surface area contributed by atoms with E-state index < -0.39 is 10.0 Å². The Morgan fingerprint density at radius 1 is 1.24 bits per heavy atom. The molecule has 0 saturated heterocycles. The second kappa shape index (κ2) is 6.44. The molecular weight excluding hydrogens is 306 g/mol. The Hall–Kier alpha value is -0.950. The zero-order chi connectivity index (χ0) is 15.6. The maximum Gasteiger partial charge on any atom is 0.242 e. The molecule has 0 saturated carbocycles. The summed E-state index contributed by atoms with van der Waals surface area (Å²) in [5, 5.41) is 10.1. The third-order valence-electron chi connectivity index (χ3n) is 3.76. The molecule has 21 heavy (non-hydrogen) atoms. The zero-order valence-electron chi connectivity index (χ0n) is 12.5. The number of nitrogens with one attached hydrogen (secondary N) is 1. The van der Waals surface area contributed by atoms with Crippen LogP contribution in [0, 0.1) is 11.8 Å². The largest absolute Gasteiger partial charge is 0.391 e. The van der Waals surface area contributed by atoms with Gasteiger partial charge in [-0.15, -0.1) is 11.3 Å². The van der Waals surface area contributed by atoms with E-state index in [0.717, 1.165) is 4.70 Å². The number of hydrogen-bond acceptors (Lipinski definition) is 4. The Bertz CT molecular complexity index is 720. The second-order valence-corrected chi connectivity index (χ2v) is 8.42. The van der Waals surface area contributed by atoms with Gasteiger partial charge in [0, 0.05) is 16.6 Å². The van der Waals surface area contributed by atoms with Crippen LogP contribution in [0.25, 0.3) is 10.1 Å². The molecule has 1 atom stereocenters. The number of fused-ring (bicyclic) bond motifs is 1. The van der Waals surface area contributed by atoms with E-state index in [1.54, 1.807) is 6.07 Å². The highest BCUT2D eigenvalue weighted by Crippen LogP contribution is 2.34. The molecule has 1 unspecified atom stereocenters. The fraction of sp³-hybridized carbons (Fsp3) is 0.467. The molecule has 0 aliphatic heterocycles. The molecule has 2 rings (SSSR count). The SMILES string of the molecule is CC(C)C(C)CNS(=O)(=O)c1c(CO)sc2ccccc12. The van der Waals surface area contributed by atoms with Crippen molar-refractivity contribution in [3.8, 4) is 0 Å². The Morgan fingerprint density at radius 2 is 1.90 bits per heavy atom. The lowest BCUT2D eigenvalue weighted by Crippen LogP contribution is -2.30. The van der Waals surface area contributed by atoms with Crippen molar-refractivity contribution in [3.05, 3.63) is 29.1 Å². The van der Waals surface area contributed by atoms with Crippen molar-refractivity contribution in [1.29, 1.82) is 0 Å². The van der Waals surface area contributed by atoms with Crippen molar-refractivity contribution >= 4 is 31.4 Å². The lowest BCUT2D eigenvalue weighted by Gasteiger charge is -2.16. The van der Waals surface area contributed by atoms with E-state index in [4.69, 9.17) is 0 Å². The molecule has 0 amide bonds. The van der Waals surface area contributed by atoms with Crippen molar-refractivity contribution in [1.82, 2.24) is 4.72 Å². The molecule has 0 aliphatic rings. The van der Waals surface area contributed by atoms with Gasteiger partial charge in [0.1, 0.15) is 4.90 Å². The van der Waals surface area contributed by atoms with Crippen LogP contribution in [0.3, 0.4) is 0 Å². The van der Waals surface area contributed by atoms with Gasteiger partial charge in [-0.1, -0.05) is 39.0 Å². The fourth-order valence-electron chi connectivity index (χ4n) is 2.02. The maximum absolute atomic E-state index is 12.6. The topological polar surface area (TPSA) is 66.4 Å². The average molecular weight is 327 g/mol. The van der Waals surface area contributed by atoms with Crippen LogP contribution in [0.4, 0.5) is 0 Å². The smallest absolute Gasteiger partial charge is 0.242 e. The quantitative estimate of drug-likeness (QED) is 0.857. The summed E-state index contributed by atoms with van der Waals surface area (Å²) in [6.07, 6.45) is 0. The Morgan fingerprint density at radius 3 is 2.52 bits per heavy atom. The lowest BCUT2D eigenvalue weighted by atomic mass is 9.99. The number of sulfonamides is 1. The summed E-state index contributed by atoms with van der Waals surface area (Å²) in [4.78, 5) is 0.711. The highest BCUT2D eigenvalue weighted by Gasteiger charge is 2.24. The molecule has 0 spiro atoms. The summed E-state index contributed by atoms with van der Waals surface area (Å²) in [6, 6.07) is 7.33. The molecule has 2 N–H and O–H groups in total. The van der Waals surface area contributed by atoms with Crippen LogP contribution in [-0.4, -0.2) is 20.1 Å². The van der Waals surface area contributed by atoms with E-state index in [9.17, 15) is 13.5 Å². The van der Waals surface area contributed by atoms with Crippen molar-refractivity contribution in [3.63, 3.8) is 0 Å². The molecule has 6 heteroatoms. The molecule has 0 aliphatic carbocycles. The number of aliphatic hydroxyl groups excluding tert-OH is 1. The summed E-state index contributed by atoms with van der Waals surface area (Å²) in [5.74, 6) is 0.659. The van der Waals surface area contributed by atoms with E-state index >= 15 is 0 Å². The average Bonchev–Trinajstić information content (AvgIpc) is 2.83. The fourth-order valence-corrected chi connectivity index (χ4v) is 4.96. The number of hydrogen-bond donors (Lipinski definition) is 2. The Kier molecular flexibility index (Phi) is 5.03. The van der Waals surface area contributed by atoms with Crippen LogP contribution in [0.1, 0.15) is 25.6 Å². The van der Waals surface area contributed by atoms with Crippen LogP contribution >= 0.6 is 11.3 Å². The van der Waals surface area contributed by atoms with Gasteiger partial charge in [-0.05, 0) is 17.9 Å². The molecule has 1 heterocycles. The molecular formula is C15H21NO3S2. The minimum absolute atomic E-state index is 0.224. The highest BCUT2D eigenvalue weighted by atomic mass is 32.2. The van der Waals surface area contributed by atoms with Gasteiger partial charge in [-0.2, -0.15) is 0 Å². The maximum atomic E-state index is 12.6. The Labute approximate surface area is 129 Å². The molecule has 1 aromatic heterocycles. The van der Waals surface area contributed by atoms with Crippen LogP contribution < -0.4 is 4.72 Å². The lowest BCUT2D eigenvalue weighted by molar-refractivity contribution is 0.282. The first kappa shape index (κ1) is 16.4. The molecule has 0 fully saturated rings. The van der Waals surface area contributed by atoms with Crippen molar-refractivity contribution in [2.24, 2.45) is 11.8 Å². The highest BCUT2D eigenvalue weighted by molar-refractivity contribution is 7.90. The third-order valence-corrected chi connectivity index (χ3v) is 6.60. The molecule has 2 aromatic rings. The third kappa shape index (κ3) is 3.45. The standard InChI is InChI=1S/C15H21NO3S2/c1-10(2)11(3)8-16-21(18,19)15-12-6-4-5-7-13(12)20-14(15)9-17/h4-7,10-11,16-17H,8-9H2,1-3H3. The predicted molar refractivity (Wildman–Crippen MR) is 86.9 cm³/mol. The van der Waals surface area contributed by atoms with E-state index in [-0.39, 0.29) is 17.4 Å². The first-order chi connectivity index (χ1) is 9.86. The van der Waals surface area contributed by atoms with E-state index in [1.165, 1.54) is 11.3 Å². The van der Waals surface area contributed by atoms with Crippen LogP contribution in [0.5, 0.6) is 0 Å². The second-order valence-electron chi connectivity index (χ2n) is 5.58. The molecule has 4 nitrogen and oxygen atoms in total. The van der Waals surface area contributed by atoms with Gasteiger partial charge in [-0.25, -0.2) is 13.1 Å². The van der Waals surface area contributed by atoms with Gasteiger partial charge in [0.25, 0.3) is 0 Å². The van der Waals surface area contributed by atoms with E-state index in [0.29, 0.717) is 22.7 Å². The first-order valence-corrected chi connectivity index (χ1v) is 9.27. The monoisotopic (exact) mass is 327 g/mol. The minimum Gasteiger partial charge on any atom is -0.391 e. The number of aliphatic hydroxyl groups is 1. The molecule has 116 valence electrons. The zero-order valence-corrected chi connectivity index (χ0v) is 14.1. The van der Waals surface area contributed by atoms with Gasteiger partial charge in [-0.3, -0.25) is 0 Å². The van der Waals surface area contributed by atoms with Crippen LogP contribution in [0.15, 0.2) is 29.2 Å². The summed E-state index contributed by atoms with van der Waals surface area (Å²) in [7, 11) is -3.61. The van der Waals surface area contributed by atoms with Crippen molar-refractivity contribution in [2.75, 3.05) is 6.54 Å². The van der Waals surface area contributed by atoms with Crippen molar-refractivity contribution in [2.45, 2.75) is 32.3 Å². The summed E-state index contributed by atoms with van der Waals surface area (Å²) in [6.45, 7) is 6.28. The summed E-state index contributed by atoms with van der Waals surface area (Å²) < 4.78 is 28.7. The number of benzene rings is 1. The van der Waals surface area contributed by atoms with Crippen LogP contribution in [0.2, 0.25) is 0 Å². The molecule has 1 aromatic carbocycles. The van der Waals surface area contributed by atoms with Gasteiger partial charge >= 0.3 is 0 Å². The summed E-state index contributed by atoms with van der Waals surface area (Å²) in [5.41, 5.74) is 0. The van der Waals surface area contributed by atoms with Gasteiger partial charge in [0.15, 0.2) is 0 Å². The van der Waals surface area contributed by atoms with Gasteiger partial charge in [0.05, 0.1) is 11.5 Å². The number of thiophene rings is 1. The van der Waals surface area contributed by atoms with Crippen molar-refractivity contribution < 1.29 is 13.5 Å².